The van der Waals surface area contributed by atoms with E-state index in [4.69, 9.17) is 4.74 Å². The molecular formula is C23H34N6OS. The lowest BCUT2D eigenvalue weighted by Crippen LogP contribution is -2.48. The molecule has 0 aliphatic carbocycles. The molecule has 0 amide bonds. The number of thiophene rings is 1. The lowest BCUT2D eigenvalue weighted by Gasteiger charge is -2.36. The SMILES string of the molecule is CN=C(NCc1ccc(N2CC(C)OC(C)C2)nc1)NC1CCN(c2cccs2)CC1. The van der Waals surface area contributed by atoms with Crippen LogP contribution in [0.3, 0.4) is 0 Å². The highest BCUT2D eigenvalue weighted by atomic mass is 32.1. The second-order valence-electron chi connectivity index (χ2n) is 8.47. The van der Waals surface area contributed by atoms with Crippen LogP contribution in [-0.4, -0.2) is 62.4 Å². The van der Waals surface area contributed by atoms with Crippen molar-refractivity contribution in [1.29, 1.82) is 0 Å². The first-order valence-electron chi connectivity index (χ1n) is 11.2. The summed E-state index contributed by atoms with van der Waals surface area (Å²) in [6.45, 7) is 8.88. The maximum Gasteiger partial charge on any atom is 0.191 e. The molecule has 0 bridgehead atoms. The predicted octanol–water partition coefficient (Wildman–Crippen LogP) is 3.09. The van der Waals surface area contributed by atoms with Crippen molar-refractivity contribution in [3.8, 4) is 0 Å². The first-order chi connectivity index (χ1) is 15.1. The average molecular weight is 443 g/mol. The fourth-order valence-electron chi connectivity index (χ4n) is 4.34. The first kappa shape index (κ1) is 21.9. The van der Waals surface area contributed by atoms with Crippen molar-refractivity contribution in [3.05, 3.63) is 41.4 Å². The summed E-state index contributed by atoms with van der Waals surface area (Å²) in [5, 5.41) is 10.5. The standard InChI is InChI=1S/C23H34N6OS/c1-17-15-29(16-18(2)30-17)21-7-6-19(13-25-21)14-26-23(24-3)27-20-8-10-28(11-9-20)22-5-4-12-31-22/h4-7,12-13,17-18,20H,8-11,14-16H2,1-3H3,(H2,24,26,27). The van der Waals surface area contributed by atoms with Gasteiger partial charge in [-0.25, -0.2) is 4.98 Å². The third-order valence-electron chi connectivity index (χ3n) is 5.89. The van der Waals surface area contributed by atoms with Crippen LogP contribution in [0.15, 0.2) is 40.8 Å². The molecular weight excluding hydrogens is 408 g/mol. The van der Waals surface area contributed by atoms with Gasteiger partial charge in [-0.1, -0.05) is 6.07 Å². The summed E-state index contributed by atoms with van der Waals surface area (Å²) in [4.78, 5) is 13.9. The fraction of sp³-hybridized carbons (Fsp3) is 0.565. The van der Waals surface area contributed by atoms with Gasteiger partial charge in [-0.2, -0.15) is 0 Å². The van der Waals surface area contributed by atoms with E-state index >= 15 is 0 Å². The van der Waals surface area contributed by atoms with Crippen molar-refractivity contribution in [2.75, 3.05) is 43.0 Å². The second-order valence-corrected chi connectivity index (χ2v) is 9.40. The zero-order valence-electron chi connectivity index (χ0n) is 18.8. The van der Waals surface area contributed by atoms with Gasteiger partial charge in [0.1, 0.15) is 5.82 Å². The smallest absolute Gasteiger partial charge is 0.191 e. The summed E-state index contributed by atoms with van der Waals surface area (Å²) in [6.07, 6.45) is 4.66. The monoisotopic (exact) mass is 442 g/mol. The molecule has 4 heterocycles. The number of nitrogens with zero attached hydrogens (tertiary/aromatic N) is 4. The zero-order chi connectivity index (χ0) is 21.6. The minimum absolute atomic E-state index is 0.235. The van der Waals surface area contributed by atoms with Gasteiger partial charge in [-0.3, -0.25) is 4.99 Å². The molecule has 2 N–H and O–H groups in total. The number of guanidine groups is 1. The Hall–Kier alpha value is -2.32. The van der Waals surface area contributed by atoms with Crippen molar-refractivity contribution in [2.45, 2.75) is 51.5 Å². The minimum atomic E-state index is 0.235. The molecule has 2 fully saturated rings. The Morgan fingerprint density at radius 1 is 1.16 bits per heavy atom. The van der Waals surface area contributed by atoms with Crippen molar-refractivity contribution in [3.63, 3.8) is 0 Å². The molecule has 2 unspecified atom stereocenters. The quantitative estimate of drug-likeness (QED) is 0.548. The Labute approximate surface area is 189 Å². The highest BCUT2D eigenvalue weighted by Gasteiger charge is 2.23. The number of aliphatic imine (C=N–C) groups is 1. The lowest BCUT2D eigenvalue weighted by atomic mass is 10.1. The Morgan fingerprint density at radius 3 is 2.55 bits per heavy atom. The van der Waals surface area contributed by atoms with Gasteiger partial charge in [0.15, 0.2) is 5.96 Å². The summed E-state index contributed by atoms with van der Waals surface area (Å²) in [5.41, 5.74) is 1.15. The second kappa shape index (κ2) is 10.3. The maximum atomic E-state index is 5.82. The van der Waals surface area contributed by atoms with E-state index in [0.717, 1.165) is 56.4 Å². The molecule has 2 aliphatic rings. The third-order valence-corrected chi connectivity index (χ3v) is 6.82. The van der Waals surface area contributed by atoms with Crippen LogP contribution in [0.2, 0.25) is 0 Å². The Balaban J connectivity index is 1.23. The molecule has 2 aromatic heterocycles. The molecule has 4 rings (SSSR count). The predicted molar refractivity (Wildman–Crippen MR) is 129 cm³/mol. The third kappa shape index (κ3) is 5.89. The summed E-state index contributed by atoms with van der Waals surface area (Å²) >= 11 is 1.82. The summed E-state index contributed by atoms with van der Waals surface area (Å²) in [5.74, 6) is 1.88. The average Bonchev–Trinajstić information content (AvgIpc) is 3.32. The van der Waals surface area contributed by atoms with Crippen LogP contribution in [0.25, 0.3) is 0 Å². The van der Waals surface area contributed by atoms with E-state index in [1.54, 1.807) is 0 Å². The number of hydrogen-bond acceptors (Lipinski definition) is 6. The Morgan fingerprint density at radius 2 is 1.94 bits per heavy atom. The number of hydrogen-bond donors (Lipinski definition) is 2. The van der Waals surface area contributed by atoms with Crippen LogP contribution in [0.1, 0.15) is 32.3 Å². The number of piperidine rings is 1. The molecule has 2 saturated heterocycles. The van der Waals surface area contributed by atoms with E-state index in [9.17, 15) is 0 Å². The number of rotatable bonds is 5. The highest BCUT2D eigenvalue weighted by Crippen LogP contribution is 2.24. The van der Waals surface area contributed by atoms with Crippen LogP contribution < -0.4 is 20.4 Å². The number of nitrogens with one attached hydrogen (secondary N) is 2. The summed E-state index contributed by atoms with van der Waals surface area (Å²) < 4.78 is 5.82. The first-order valence-corrected chi connectivity index (χ1v) is 12.1. The largest absolute Gasteiger partial charge is 0.372 e. The highest BCUT2D eigenvalue weighted by molar-refractivity contribution is 7.14. The van der Waals surface area contributed by atoms with Crippen molar-refractivity contribution in [1.82, 2.24) is 15.6 Å². The molecule has 0 radical (unpaired) electrons. The molecule has 0 spiro atoms. The lowest BCUT2D eigenvalue weighted by molar-refractivity contribution is -0.00545. The molecule has 2 aliphatic heterocycles. The number of pyridine rings is 1. The van der Waals surface area contributed by atoms with Crippen LogP contribution in [0, 0.1) is 0 Å². The molecule has 2 atom stereocenters. The van der Waals surface area contributed by atoms with Crippen molar-refractivity contribution >= 4 is 28.1 Å². The van der Waals surface area contributed by atoms with Gasteiger partial charge in [0.05, 0.1) is 17.2 Å². The molecule has 8 heteroatoms. The van der Waals surface area contributed by atoms with E-state index in [2.05, 4.69) is 73.9 Å². The van der Waals surface area contributed by atoms with Crippen LogP contribution >= 0.6 is 11.3 Å². The summed E-state index contributed by atoms with van der Waals surface area (Å²) in [7, 11) is 1.83. The Bertz CT molecular complexity index is 822. The number of aromatic nitrogens is 1. The Kier molecular flexibility index (Phi) is 7.29. The van der Waals surface area contributed by atoms with Gasteiger partial charge in [-0.15, -0.1) is 11.3 Å². The molecule has 0 aromatic carbocycles. The number of morpholine rings is 1. The normalized spacial score (nSPS) is 23.1. The van der Waals surface area contributed by atoms with Gasteiger partial charge in [-0.05, 0) is 55.8 Å². The van der Waals surface area contributed by atoms with Crippen LogP contribution in [0.5, 0.6) is 0 Å². The molecule has 7 nitrogen and oxygen atoms in total. The van der Waals surface area contributed by atoms with Gasteiger partial charge in [0.2, 0.25) is 0 Å². The van der Waals surface area contributed by atoms with Gasteiger partial charge in [0, 0.05) is 52.0 Å². The van der Waals surface area contributed by atoms with Gasteiger partial charge < -0.3 is 25.2 Å². The number of anilines is 2. The molecule has 2 aromatic rings. The number of ether oxygens (including phenoxy) is 1. The summed E-state index contributed by atoms with van der Waals surface area (Å²) in [6, 6.07) is 9.04. The van der Waals surface area contributed by atoms with Crippen molar-refractivity contribution in [2.24, 2.45) is 4.99 Å². The fourth-order valence-corrected chi connectivity index (χ4v) is 5.13. The van der Waals surface area contributed by atoms with E-state index in [0.29, 0.717) is 12.6 Å². The van der Waals surface area contributed by atoms with Crippen LogP contribution in [-0.2, 0) is 11.3 Å². The van der Waals surface area contributed by atoms with E-state index in [1.165, 1.54) is 5.00 Å². The molecule has 168 valence electrons. The zero-order valence-corrected chi connectivity index (χ0v) is 19.6. The van der Waals surface area contributed by atoms with Gasteiger partial charge in [0.25, 0.3) is 0 Å². The molecule has 0 saturated carbocycles. The van der Waals surface area contributed by atoms with E-state index in [-0.39, 0.29) is 12.2 Å². The van der Waals surface area contributed by atoms with Gasteiger partial charge >= 0.3 is 0 Å². The minimum Gasteiger partial charge on any atom is -0.372 e. The van der Waals surface area contributed by atoms with Crippen molar-refractivity contribution < 1.29 is 4.74 Å². The van der Waals surface area contributed by atoms with E-state index < -0.39 is 0 Å². The molecule has 31 heavy (non-hydrogen) atoms. The van der Waals surface area contributed by atoms with Crippen LogP contribution in [0.4, 0.5) is 10.8 Å². The topological polar surface area (TPSA) is 65.0 Å². The maximum absolute atomic E-state index is 5.82. The van der Waals surface area contributed by atoms with E-state index in [1.807, 2.05) is 24.6 Å².